The molecule has 1 heterocycles. The van der Waals surface area contributed by atoms with E-state index in [1.807, 2.05) is 30.3 Å². The van der Waals surface area contributed by atoms with Crippen LogP contribution < -0.4 is 11.1 Å². The van der Waals surface area contributed by atoms with Gasteiger partial charge in [0.25, 0.3) is 0 Å². The summed E-state index contributed by atoms with van der Waals surface area (Å²) >= 11 is 0. The molecule has 1 fully saturated rings. The van der Waals surface area contributed by atoms with Crippen LogP contribution in [0, 0.1) is 0 Å². The van der Waals surface area contributed by atoms with Gasteiger partial charge in [-0.3, -0.25) is 9.69 Å². The molecule has 1 aromatic rings. The lowest BCUT2D eigenvalue weighted by Gasteiger charge is -2.10. The van der Waals surface area contributed by atoms with Crippen molar-refractivity contribution >= 4 is 11.6 Å². The van der Waals surface area contributed by atoms with Crippen molar-refractivity contribution in [2.24, 2.45) is 5.73 Å². The molecule has 0 aliphatic carbocycles. The van der Waals surface area contributed by atoms with Gasteiger partial charge in [0.2, 0.25) is 5.91 Å². The molecule has 102 valence electrons. The fraction of sp³-hybridized carbons (Fsp3) is 0.400. The molecule has 0 unspecified atom stereocenters. The number of hydrogen-bond donors (Lipinski definition) is 2. The Morgan fingerprint density at radius 2 is 1.95 bits per heavy atom. The molecule has 1 aliphatic rings. The zero-order chi connectivity index (χ0) is 13.5. The maximum absolute atomic E-state index is 11.7. The third kappa shape index (κ3) is 4.50. The number of carbonyl (C=O) groups excluding carboxylic acids is 1. The molecule has 2 rings (SSSR count). The second-order valence-corrected chi connectivity index (χ2v) is 4.80. The molecule has 19 heavy (non-hydrogen) atoms. The Morgan fingerprint density at radius 3 is 2.58 bits per heavy atom. The second kappa shape index (κ2) is 7.07. The average molecular weight is 259 g/mol. The second-order valence-electron chi connectivity index (χ2n) is 4.80. The predicted molar refractivity (Wildman–Crippen MR) is 77.8 cm³/mol. The van der Waals surface area contributed by atoms with Crippen molar-refractivity contribution in [2.75, 3.05) is 25.0 Å². The van der Waals surface area contributed by atoms with Crippen LogP contribution in [-0.2, 0) is 11.3 Å². The maximum Gasteiger partial charge on any atom is 0.248 e. The summed E-state index contributed by atoms with van der Waals surface area (Å²) in [5, 5.41) is 2.83. The van der Waals surface area contributed by atoms with Gasteiger partial charge in [0, 0.05) is 24.9 Å². The van der Waals surface area contributed by atoms with E-state index in [4.69, 9.17) is 5.73 Å². The Kier molecular flexibility index (Phi) is 5.12. The van der Waals surface area contributed by atoms with Crippen molar-refractivity contribution in [3.8, 4) is 0 Å². The summed E-state index contributed by atoms with van der Waals surface area (Å²) in [4.78, 5) is 14.0. The molecule has 1 saturated heterocycles. The van der Waals surface area contributed by atoms with E-state index >= 15 is 0 Å². The standard InChI is InChI=1S/C15H21N3O/c16-12-13-5-7-14(8-6-13)17-15(19)4-3-11-18-9-1-2-10-18/h3-8H,1-2,9-12,16H2,(H,17,19)/b4-3+. The van der Waals surface area contributed by atoms with Crippen LogP contribution in [0.25, 0.3) is 0 Å². The van der Waals surface area contributed by atoms with Gasteiger partial charge in [-0.2, -0.15) is 0 Å². The molecule has 3 N–H and O–H groups in total. The number of hydrogen-bond acceptors (Lipinski definition) is 3. The van der Waals surface area contributed by atoms with Gasteiger partial charge in [0.05, 0.1) is 0 Å². The van der Waals surface area contributed by atoms with Crippen LogP contribution in [0.15, 0.2) is 36.4 Å². The van der Waals surface area contributed by atoms with Crippen LogP contribution in [-0.4, -0.2) is 30.4 Å². The highest BCUT2D eigenvalue weighted by atomic mass is 16.1. The number of carbonyl (C=O) groups is 1. The van der Waals surface area contributed by atoms with Gasteiger partial charge in [-0.1, -0.05) is 18.2 Å². The van der Waals surface area contributed by atoms with E-state index in [1.165, 1.54) is 12.8 Å². The number of anilines is 1. The minimum atomic E-state index is -0.0836. The summed E-state index contributed by atoms with van der Waals surface area (Å²) in [6.07, 6.45) is 6.07. The summed E-state index contributed by atoms with van der Waals surface area (Å²) in [6.45, 7) is 3.67. The average Bonchev–Trinajstić information content (AvgIpc) is 2.93. The first-order valence-corrected chi connectivity index (χ1v) is 6.77. The van der Waals surface area contributed by atoms with E-state index in [2.05, 4.69) is 10.2 Å². The molecule has 4 nitrogen and oxygen atoms in total. The minimum Gasteiger partial charge on any atom is -0.326 e. The van der Waals surface area contributed by atoms with Crippen molar-refractivity contribution in [3.05, 3.63) is 42.0 Å². The summed E-state index contributed by atoms with van der Waals surface area (Å²) in [5.74, 6) is -0.0836. The minimum absolute atomic E-state index is 0.0836. The molecule has 0 bridgehead atoms. The highest BCUT2D eigenvalue weighted by Gasteiger charge is 2.08. The quantitative estimate of drug-likeness (QED) is 0.792. The number of nitrogens with two attached hydrogens (primary N) is 1. The summed E-state index contributed by atoms with van der Waals surface area (Å²) < 4.78 is 0. The van der Waals surface area contributed by atoms with Gasteiger partial charge in [0.15, 0.2) is 0 Å². The van der Waals surface area contributed by atoms with Crippen molar-refractivity contribution in [3.63, 3.8) is 0 Å². The van der Waals surface area contributed by atoms with Crippen LogP contribution in [0.5, 0.6) is 0 Å². The molecule has 1 aliphatic heterocycles. The molecular formula is C15H21N3O. The fourth-order valence-electron chi connectivity index (χ4n) is 2.18. The topological polar surface area (TPSA) is 58.4 Å². The number of likely N-dealkylation sites (tertiary alicyclic amines) is 1. The molecule has 1 aromatic carbocycles. The van der Waals surface area contributed by atoms with Crippen molar-refractivity contribution in [1.29, 1.82) is 0 Å². The van der Waals surface area contributed by atoms with E-state index in [-0.39, 0.29) is 5.91 Å². The Balaban J connectivity index is 1.77. The maximum atomic E-state index is 11.7. The van der Waals surface area contributed by atoms with Gasteiger partial charge in [-0.15, -0.1) is 0 Å². The Morgan fingerprint density at radius 1 is 1.26 bits per heavy atom. The van der Waals surface area contributed by atoms with E-state index in [0.29, 0.717) is 6.54 Å². The monoisotopic (exact) mass is 259 g/mol. The SMILES string of the molecule is NCc1ccc(NC(=O)/C=C/CN2CCCC2)cc1. The number of amides is 1. The first-order valence-electron chi connectivity index (χ1n) is 6.77. The van der Waals surface area contributed by atoms with Gasteiger partial charge < -0.3 is 11.1 Å². The van der Waals surface area contributed by atoms with E-state index < -0.39 is 0 Å². The van der Waals surface area contributed by atoms with Crippen LogP contribution in [0.2, 0.25) is 0 Å². The van der Waals surface area contributed by atoms with Gasteiger partial charge in [-0.25, -0.2) is 0 Å². The van der Waals surface area contributed by atoms with Gasteiger partial charge in [-0.05, 0) is 43.6 Å². The van der Waals surface area contributed by atoms with E-state index in [1.54, 1.807) is 6.08 Å². The Bertz CT molecular complexity index is 433. The van der Waals surface area contributed by atoms with Gasteiger partial charge in [0.1, 0.15) is 0 Å². The lowest BCUT2D eigenvalue weighted by atomic mass is 10.2. The molecular weight excluding hydrogens is 238 g/mol. The zero-order valence-corrected chi connectivity index (χ0v) is 11.1. The van der Waals surface area contributed by atoms with Crippen molar-refractivity contribution in [1.82, 2.24) is 4.90 Å². The number of nitrogens with one attached hydrogen (secondary N) is 1. The third-order valence-electron chi connectivity index (χ3n) is 3.29. The van der Waals surface area contributed by atoms with Gasteiger partial charge >= 0.3 is 0 Å². The van der Waals surface area contributed by atoms with Crippen molar-refractivity contribution < 1.29 is 4.79 Å². The van der Waals surface area contributed by atoms with E-state index in [0.717, 1.165) is 30.9 Å². The lowest BCUT2D eigenvalue weighted by Crippen LogP contribution is -2.19. The molecule has 0 saturated carbocycles. The number of benzene rings is 1. The largest absolute Gasteiger partial charge is 0.326 e. The molecule has 0 atom stereocenters. The van der Waals surface area contributed by atoms with Crippen molar-refractivity contribution in [2.45, 2.75) is 19.4 Å². The highest BCUT2D eigenvalue weighted by molar-refractivity contribution is 5.99. The summed E-state index contributed by atoms with van der Waals surface area (Å²) in [6, 6.07) is 7.58. The molecule has 0 radical (unpaired) electrons. The fourth-order valence-corrected chi connectivity index (χ4v) is 2.18. The predicted octanol–water partition coefficient (Wildman–Crippen LogP) is 1.74. The summed E-state index contributed by atoms with van der Waals surface area (Å²) in [7, 11) is 0. The van der Waals surface area contributed by atoms with Crippen LogP contribution in [0.3, 0.4) is 0 Å². The molecule has 0 spiro atoms. The van der Waals surface area contributed by atoms with Crippen LogP contribution >= 0.6 is 0 Å². The summed E-state index contributed by atoms with van der Waals surface area (Å²) in [5.41, 5.74) is 7.38. The lowest BCUT2D eigenvalue weighted by molar-refractivity contribution is -0.111. The highest BCUT2D eigenvalue weighted by Crippen LogP contribution is 2.09. The molecule has 4 heteroatoms. The van der Waals surface area contributed by atoms with Crippen LogP contribution in [0.1, 0.15) is 18.4 Å². The first kappa shape index (κ1) is 13.8. The normalized spacial score (nSPS) is 16.1. The van der Waals surface area contributed by atoms with Crippen LogP contribution in [0.4, 0.5) is 5.69 Å². The molecule has 1 amide bonds. The van der Waals surface area contributed by atoms with E-state index in [9.17, 15) is 4.79 Å². The Hall–Kier alpha value is -1.65. The smallest absolute Gasteiger partial charge is 0.248 e. The third-order valence-corrected chi connectivity index (χ3v) is 3.29. The first-order chi connectivity index (χ1) is 9.28. The zero-order valence-electron chi connectivity index (χ0n) is 11.1. The Labute approximate surface area is 114 Å². The number of rotatable bonds is 5. The molecule has 0 aromatic heterocycles. The number of nitrogens with zero attached hydrogens (tertiary/aromatic N) is 1.